The topological polar surface area (TPSA) is 90.4 Å². The van der Waals surface area contributed by atoms with Gasteiger partial charge in [0.05, 0.1) is 10.3 Å². The fourth-order valence-corrected chi connectivity index (χ4v) is 0.0707. The molecule has 0 saturated heterocycles. The molecule has 0 fully saturated rings. The first-order chi connectivity index (χ1) is 5.36. The van der Waals surface area contributed by atoms with E-state index in [0.29, 0.717) is 6.54 Å². The molecule has 0 bridgehead atoms. The number of alkyl halides is 1. The van der Waals surface area contributed by atoms with Gasteiger partial charge in [-0.25, -0.2) is 0 Å². The molecule has 0 aliphatic heterocycles. The Morgan fingerprint density at radius 2 is 2.08 bits per heavy atom. The van der Waals surface area contributed by atoms with Gasteiger partial charge in [-0.1, -0.05) is 15.9 Å². The maximum atomic E-state index is 9.86. The van der Waals surface area contributed by atoms with Gasteiger partial charge in [0, 0.05) is 0 Å². The number of carboxylic acids is 1. The van der Waals surface area contributed by atoms with Crippen LogP contribution in [0.2, 0.25) is 0 Å². The summed E-state index contributed by atoms with van der Waals surface area (Å²) < 4.78 is -0.882. The first kappa shape index (κ1) is 13.8. The maximum Gasteiger partial charge on any atom is 0.214 e. The van der Waals surface area contributed by atoms with Crippen LogP contribution in [0.1, 0.15) is 20.8 Å². The van der Waals surface area contributed by atoms with Gasteiger partial charge in [0.25, 0.3) is 0 Å². The lowest BCUT2D eigenvalue weighted by Gasteiger charge is -2.15. The second kappa shape index (κ2) is 6.94. The van der Waals surface area contributed by atoms with Gasteiger partial charge in [0.1, 0.15) is 17.2 Å². The van der Waals surface area contributed by atoms with E-state index in [1.165, 1.54) is 13.8 Å². The van der Waals surface area contributed by atoms with E-state index in [4.69, 9.17) is 5.53 Å². The molecule has 0 aromatic rings. The van der Waals surface area contributed by atoms with Crippen LogP contribution < -0.4 is 10.0 Å². The van der Waals surface area contributed by atoms with E-state index in [-0.39, 0.29) is 0 Å². The van der Waals surface area contributed by atoms with Crippen molar-refractivity contribution in [3.63, 3.8) is 0 Å². The van der Waals surface area contributed by atoms with E-state index in [1.54, 1.807) is 0 Å². The van der Waals surface area contributed by atoms with Gasteiger partial charge in [-0.3, -0.25) is 0 Å². The number of aliphatic carboxylic acids is 1. The number of hydrogen-bond donors (Lipinski definition) is 1. The largest absolute Gasteiger partial charge is 0.549 e. The second-order valence-electron chi connectivity index (χ2n) is 2.32. The molecule has 0 aliphatic carbocycles. The van der Waals surface area contributed by atoms with Crippen molar-refractivity contribution in [3.8, 4) is 0 Å². The minimum atomic E-state index is -1.09. The number of carbonyl (C=O) groups is 1. The molecule has 0 spiro atoms. The highest BCUT2D eigenvalue weighted by atomic mass is 79.9. The van der Waals surface area contributed by atoms with Gasteiger partial charge in [-0.15, -0.1) is 0 Å². The van der Waals surface area contributed by atoms with Crippen LogP contribution in [0, 0.1) is 5.53 Å². The first-order valence-corrected chi connectivity index (χ1v) is 4.09. The van der Waals surface area contributed by atoms with Gasteiger partial charge < -0.3 is 9.90 Å². The van der Waals surface area contributed by atoms with Gasteiger partial charge in [-0.2, -0.15) is 0 Å². The summed E-state index contributed by atoms with van der Waals surface area (Å²) in [5, 5.41) is 13.1. The molecule has 0 aliphatic rings. The Morgan fingerprint density at radius 3 is 2.08 bits per heavy atom. The summed E-state index contributed by atoms with van der Waals surface area (Å²) in [6.45, 7) is 5.48. The monoisotopic (exact) mass is 237 g/mol. The minimum Gasteiger partial charge on any atom is -0.549 e. The Morgan fingerprint density at radius 1 is 1.75 bits per heavy atom. The van der Waals surface area contributed by atoms with Crippen LogP contribution in [0.3, 0.4) is 0 Å². The smallest absolute Gasteiger partial charge is 0.214 e. The third-order valence-electron chi connectivity index (χ3n) is 0.698. The van der Waals surface area contributed by atoms with Crippen molar-refractivity contribution in [2.75, 3.05) is 6.54 Å². The van der Waals surface area contributed by atoms with Crippen LogP contribution in [-0.2, 0) is 4.79 Å². The molecule has 0 saturated carbocycles. The van der Waals surface area contributed by atoms with Crippen molar-refractivity contribution >= 4 is 21.9 Å². The Kier molecular flexibility index (Phi) is 7.99. The zero-order valence-electron chi connectivity index (χ0n) is 7.30. The molecular formula is C6H12BrN3O2. The number of carboxylic acid groups (broad SMARTS) is 1. The fourth-order valence-electron chi connectivity index (χ4n) is 0.0707. The maximum absolute atomic E-state index is 9.86. The number of halogens is 1. The zero-order valence-corrected chi connectivity index (χ0v) is 8.88. The van der Waals surface area contributed by atoms with Gasteiger partial charge >= 0.3 is 0 Å². The SMILES string of the molecule is CC(C)(Br)C(=O)[O-].CCN=[N+]=N. The predicted molar refractivity (Wildman–Crippen MR) is 45.8 cm³/mol. The number of hydrogen-bond acceptors (Lipinski definition) is 4. The van der Waals surface area contributed by atoms with Crippen molar-refractivity contribution in [3.05, 3.63) is 0 Å². The number of nitrogens with zero attached hydrogens (tertiary/aromatic N) is 2. The summed E-state index contributed by atoms with van der Waals surface area (Å²) in [5.41, 5.74) is 6.06. The molecule has 5 nitrogen and oxygen atoms in total. The number of carbonyl (C=O) groups excluding carboxylic acids is 1. The van der Waals surface area contributed by atoms with E-state index in [0.717, 1.165) is 0 Å². The third-order valence-corrected chi connectivity index (χ3v) is 1.02. The standard InChI is InChI=1S/C4H7BrO2.C2H6N3/c1-4(2,5)3(6)7;1-2-4-5-3/h1-2H3,(H,6,7);3H,2H2,1H3/q;+1/p-1. The van der Waals surface area contributed by atoms with Crippen molar-refractivity contribution in [2.24, 2.45) is 5.11 Å². The lowest BCUT2D eigenvalue weighted by atomic mass is 10.2. The Labute approximate surface area is 79.5 Å². The highest BCUT2D eigenvalue weighted by Crippen LogP contribution is 2.12. The first-order valence-electron chi connectivity index (χ1n) is 3.29. The zero-order chi connectivity index (χ0) is 10.2. The highest BCUT2D eigenvalue weighted by Gasteiger charge is 2.12. The molecule has 1 N–H and O–H groups in total. The summed E-state index contributed by atoms with van der Waals surface area (Å²) in [4.78, 5) is 12.6. The summed E-state index contributed by atoms with van der Waals surface area (Å²) in [6.07, 6.45) is 0. The van der Waals surface area contributed by atoms with Crippen molar-refractivity contribution in [1.82, 2.24) is 4.91 Å². The Bertz CT molecular complexity index is 182. The highest BCUT2D eigenvalue weighted by molar-refractivity contribution is 9.10. The molecule has 70 valence electrons. The Hall–Kier alpha value is -0.740. The van der Waals surface area contributed by atoms with Crippen LogP contribution in [0.5, 0.6) is 0 Å². The van der Waals surface area contributed by atoms with E-state index in [9.17, 15) is 9.90 Å². The average Bonchev–Trinajstić information content (AvgIpc) is 1.88. The minimum absolute atomic E-state index is 0.615. The van der Waals surface area contributed by atoms with Crippen LogP contribution in [0.4, 0.5) is 0 Å². The van der Waals surface area contributed by atoms with E-state index in [2.05, 4.69) is 26.0 Å². The number of nitrogens with one attached hydrogen (secondary N) is 1. The fraction of sp³-hybridized carbons (Fsp3) is 0.833. The molecule has 0 amide bonds. The molecule has 0 radical (unpaired) electrons. The molecule has 0 atom stereocenters. The van der Waals surface area contributed by atoms with Crippen LogP contribution in [0.25, 0.3) is 0 Å². The number of rotatable bonds is 2. The average molecular weight is 238 g/mol. The van der Waals surface area contributed by atoms with Crippen molar-refractivity contribution in [1.29, 1.82) is 5.53 Å². The molecule has 0 rings (SSSR count). The second-order valence-corrected chi connectivity index (χ2v) is 4.30. The normalized spacial score (nSPS) is 9.00. The molecule has 0 unspecified atom stereocenters. The summed E-state index contributed by atoms with van der Waals surface area (Å²) in [5.74, 6) is -1.09. The van der Waals surface area contributed by atoms with Crippen LogP contribution in [-0.4, -0.2) is 16.8 Å². The van der Waals surface area contributed by atoms with Gasteiger partial charge in [-0.05, 0) is 20.8 Å². The molecule has 0 aromatic heterocycles. The van der Waals surface area contributed by atoms with Crippen molar-refractivity contribution < 1.29 is 9.90 Å². The van der Waals surface area contributed by atoms with Gasteiger partial charge in [0.2, 0.25) is 4.91 Å². The quantitative estimate of drug-likeness (QED) is 0.430. The van der Waals surface area contributed by atoms with E-state index < -0.39 is 10.3 Å². The molecule has 0 heterocycles. The summed E-state index contributed by atoms with van der Waals surface area (Å²) >= 11 is 2.88. The third kappa shape index (κ3) is 12.0. The van der Waals surface area contributed by atoms with Crippen molar-refractivity contribution in [2.45, 2.75) is 25.1 Å². The van der Waals surface area contributed by atoms with Crippen LogP contribution >= 0.6 is 15.9 Å². The summed E-state index contributed by atoms with van der Waals surface area (Å²) in [6, 6.07) is 0. The summed E-state index contributed by atoms with van der Waals surface area (Å²) in [7, 11) is 0. The molecule has 0 aromatic carbocycles. The molecule has 12 heavy (non-hydrogen) atoms. The van der Waals surface area contributed by atoms with Crippen LogP contribution in [0.15, 0.2) is 5.11 Å². The predicted octanol–water partition coefficient (Wildman–Crippen LogP) is 0.466. The lowest BCUT2D eigenvalue weighted by molar-refractivity contribution is -0.307. The Balaban J connectivity index is 0. The molecule has 6 heteroatoms. The van der Waals surface area contributed by atoms with E-state index >= 15 is 0 Å². The van der Waals surface area contributed by atoms with Gasteiger partial charge in [0.15, 0.2) is 0 Å². The van der Waals surface area contributed by atoms with E-state index in [1.807, 2.05) is 6.92 Å². The molecular weight excluding hydrogens is 226 g/mol. The lowest BCUT2D eigenvalue weighted by Crippen LogP contribution is -2.38.